The number of carbonyl (C=O) groups is 6. The fourth-order valence-corrected chi connectivity index (χ4v) is 15.8. The maximum absolute atomic E-state index is 13.9. The molecule has 0 spiro atoms. The molecule has 6 aromatic heterocycles. The van der Waals surface area contributed by atoms with Crippen molar-refractivity contribution in [3.63, 3.8) is 0 Å². The highest BCUT2D eigenvalue weighted by Gasteiger charge is 2.32. The highest BCUT2D eigenvalue weighted by atomic mass is 16.5. The monoisotopic (exact) mass is 1540 g/mol. The van der Waals surface area contributed by atoms with E-state index in [0.29, 0.717) is 112 Å². The number of methoxy groups -OCH3 is 1. The lowest BCUT2D eigenvalue weighted by atomic mass is 9.99. The number of fused-ring (bicyclic) bond motifs is 6. The Morgan fingerprint density at radius 3 is 1.00 bits per heavy atom. The average Bonchev–Trinajstić information content (AvgIpc) is 1.34. The van der Waals surface area contributed by atoms with Crippen LogP contribution in [0.2, 0.25) is 0 Å². The van der Waals surface area contributed by atoms with Crippen LogP contribution in [0.15, 0.2) is 334 Å². The van der Waals surface area contributed by atoms with Crippen LogP contribution in [-0.2, 0) is 58.5 Å². The summed E-state index contributed by atoms with van der Waals surface area (Å²) in [5.74, 6) is 0.851. The maximum Gasteiger partial charge on any atom is 0.258 e. The van der Waals surface area contributed by atoms with Gasteiger partial charge >= 0.3 is 0 Å². The Bertz CT molecular complexity index is 6100. The number of ketones is 3. The van der Waals surface area contributed by atoms with Gasteiger partial charge < -0.3 is 33.1 Å². The number of hydrogen-bond donors (Lipinski definition) is 0. The molecule has 576 valence electrons. The first kappa shape index (κ1) is 76.5. The fourth-order valence-electron chi connectivity index (χ4n) is 15.8. The van der Waals surface area contributed by atoms with Crippen molar-refractivity contribution in [3.8, 4) is 39.1 Å². The Hall–Kier alpha value is -14.5. The number of ether oxygens (including phenoxy) is 1. The summed E-state index contributed by atoms with van der Waals surface area (Å²) < 4.78 is 11.7. The van der Waals surface area contributed by atoms with E-state index in [2.05, 4.69) is 59.8 Å². The zero-order chi connectivity index (χ0) is 80.1. The van der Waals surface area contributed by atoms with Crippen LogP contribution in [0, 0.1) is 6.92 Å². The van der Waals surface area contributed by atoms with Crippen LogP contribution in [-0.4, -0.2) is 70.8 Å². The zero-order valence-electron chi connectivity index (χ0n) is 65.1. The van der Waals surface area contributed by atoms with Gasteiger partial charge in [0.1, 0.15) is 5.75 Å². The summed E-state index contributed by atoms with van der Waals surface area (Å²) in [5.41, 5.74) is 23.1. The number of aryl methyl sites for hydroxylation is 4. The van der Waals surface area contributed by atoms with Gasteiger partial charge in [0.15, 0.2) is 17.3 Å². The molecule has 15 aromatic rings. The van der Waals surface area contributed by atoms with Gasteiger partial charge in [-0.3, -0.25) is 43.7 Å². The number of nitrogens with zero attached hydrogens (tertiary/aromatic N) is 9. The molecular weight excluding hydrogens is 1450 g/mol. The molecule has 16 heteroatoms. The molecule has 3 amide bonds. The summed E-state index contributed by atoms with van der Waals surface area (Å²) in [4.78, 5) is 99.3. The van der Waals surface area contributed by atoms with E-state index in [1.807, 2.05) is 288 Å². The Balaban J connectivity index is 0.000000131. The molecule has 0 saturated heterocycles. The van der Waals surface area contributed by atoms with Gasteiger partial charge in [-0.05, 0) is 208 Å². The van der Waals surface area contributed by atoms with Crippen LogP contribution in [0.4, 0.5) is 17.1 Å². The van der Waals surface area contributed by atoms with Crippen LogP contribution in [0.25, 0.3) is 33.4 Å². The second-order valence-corrected chi connectivity index (χ2v) is 29.4. The molecule has 0 saturated carbocycles. The van der Waals surface area contributed by atoms with Gasteiger partial charge in [-0.2, -0.15) is 0 Å². The van der Waals surface area contributed by atoms with E-state index >= 15 is 0 Å². The predicted octanol–water partition coefficient (Wildman–Crippen LogP) is 20.0. The van der Waals surface area contributed by atoms with Crippen molar-refractivity contribution in [2.45, 2.75) is 84.7 Å². The molecule has 16 nitrogen and oxygen atoms in total. The Kier molecular flexibility index (Phi) is 23.0. The minimum absolute atomic E-state index is 0.0575. The second-order valence-electron chi connectivity index (χ2n) is 29.4. The van der Waals surface area contributed by atoms with Gasteiger partial charge in [0.2, 0.25) is 0 Å². The summed E-state index contributed by atoms with van der Waals surface area (Å²) in [5, 5.41) is 0. The van der Waals surface area contributed by atoms with Crippen molar-refractivity contribution in [2.75, 3.05) is 21.8 Å². The molecule has 0 radical (unpaired) electrons. The van der Waals surface area contributed by atoms with Crippen LogP contribution in [0.5, 0.6) is 5.75 Å². The largest absolute Gasteiger partial charge is 0.496 e. The number of benzene rings is 9. The van der Waals surface area contributed by atoms with Gasteiger partial charge in [0.25, 0.3) is 17.7 Å². The zero-order valence-corrected chi connectivity index (χ0v) is 65.1. The highest BCUT2D eigenvalue weighted by molar-refractivity contribution is 6.09. The lowest BCUT2D eigenvalue weighted by molar-refractivity contribution is 0.0965. The predicted molar refractivity (Wildman–Crippen MR) is 459 cm³/mol. The molecule has 0 aliphatic carbocycles. The number of carbonyl (C=O) groups excluding carboxylic acids is 6. The smallest absolute Gasteiger partial charge is 0.258 e. The lowest BCUT2D eigenvalue weighted by Crippen LogP contribution is -2.30. The number of aromatic nitrogens is 6. The first-order valence-corrected chi connectivity index (χ1v) is 39.4. The van der Waals surface area contributed by atoms with Crippen LogP contribution in [0.1, 0.15) is 138 Å². The average molecular weight is 1540 g/mol. The van der Waals surface area contributed by atoms with Gasteiger partial charge in [-0.15, -0.1) is 0 Å². The second kappa shape index (κ2) is 35.3. The summed E-state index contributed by atoms with van der Waals surface area (Å²) >= 11 is 0. The Morgan fingerprint density at radius 2 is 0.632 bits per heavy atom. The van der Waals surface area contributed by atoms with Crippen LogP contribution < -0.4 is 19.4 Å². The number of amides is 3. The molecule has 0 unspecified atom stereocenters. The summed E-state index contributed by atoms with van der Waals surface area (Å²) in [7, 11) is 1.66. The first-order chi connectivity index (χ1) is 57.4. The Labute approximate surface area is 680 Å². The molecule has 0 bridgehead atoms. The van der Waals surface area contributed by atoms with E-state index < -0.39 is 0 Å². The number of pyridine rings is 3. The van der Waals surface area contributed by atoms with Crippen molar-refractivity contribution in [1.82, 2.24) is 28.7 Å². The molecule has 0 N–H and O–H groups in total. The Morgan fingerprint density at radius 1 is 0.308 bits per heavy atom. The van der Waals surface area contributed by atoms with E-state index in [0.717, 1.165) is 107 Å². The van der Waals surface area contributed by atoms with Gasteiger partial charge in [-0.1, -0.05) is 182 Å². The fraction of sp³-hybridized carbons (Fsp3) is 0.139. The summed E-state index contributed by atoms with van der Waals surface area (Å²) in [6.45, 7) is 4.88. The molecule has 18 rings (SSSR count). The number of anilines is 3. The third-order valence-corrected chi connectivity index (χ3v) is 22.1. The topological polar surface area (TPSA) is 175 Å². The third-order valence-electron chi connectivity index (χ3n) is 22.1. The van der Waals surface area contributed by atoms with Crippen molar-refractivity contribution >= 4 is 52.1 Å². The third kappa shape index (κ3) is 17.1. The first-order valence-electron chi connectivity index (χ1n) is 39.4. The van der Waals surface area contributed by atoms with Crippen molar-refractivity contribution in [2.24, 2.45) is 0 Å². The number of para-hydroxylation sites is 4. The van der Waals surface area contributed by atoms with Crippen molar-refractivity contribution in [3.05, 3.63) is 424 Å². The van der Waals surface area contributed by atoms with Gasteiger partial charge in [0, 0.05) is 113 Å². The maximum atomic E-state index is 13.9. The number of rotatable bonds is 19. The van der Waals surface area contributed by atoms with E-state index in [9.17, 15) is 28.8 Å². The van der Waals surface area contributed by atoms with E-state index in [1.54, 1.807) is 44.3 Å². The normalized spacial score (nSPS) is 12.3. The minimum atomic E-state index is -0.0851. The molecular formula is C101H85N9O7. The van der Waals surface area contributed by atoms with Crippen LogP contribution in [0.3, 0.4) is 0 Å². The minimum Gasteiger partial charge on any atom is -0.496 e. The lowest BCUT2D eigenvalue weighted by Gasteiger charge is -2.23. The molecule has 117 heavy (non-hydrogen) atoms. The number of Topliss-reactive ketones (excluding diaryl/α,β-unsaturated/α-hetero) is 3. The van der Waals surface area contributed by atoms with Crippen molar-refractivity contribution < 1.29 is 33.5 Å². The molecule has 9 aromatic carbocycles. The SMILES string of the molecule is COc1ccccc1-c1ccc(C(=O)N2Cc3ccc(C(=O)CCc4cccnc4)n3Cc3ccccc32)cc1.Cc1ccccc1-c1ccc(C(=O)N2Cc3ccc(C(=O)CCc4cccnc4)n3Cc3ccccc32)cc1.O=C(CCc1cccnc1)c1ccc2n1Cc1ccccc1N(C(=O)c1ccc(-c3ccccc3)cc1)C2. The highest BCUT2D eigenvalue weighted by Crippen LogP contribution is 2.37. The quantitative estimate of drug-likeness (QED) is 0.0709. The van der Waals surface area contributed by atoms with E-state index in [4.69, 9.17) is 4.74 Å². The van der Waals surface area contributed by atoms with E-state index in [-0.39, 0.29) is 35.1 Å². The van der Waals surface area contributed by atoms with E-state index in [1.165, 1.54) is 5.56 Å². The molecule has 3 aliphatic rings. The molecule has 3 aliphatic heterocycles. The van der Waals surface area contributed by atoms with Crippen LogP contribution >= 0.6 is 0 Å². The number of hydrogen-bond acceptors (Lipinski definition) is 10. The van der Waals surface area contributed by atoms with Crippen molar-refractivity contribution in [1.29, 1.82) is 0 Å². The summed E-state index contributed by atoms with van der Waals surface area (Å²) in [6, 6.07) is 96.6. The van der Waals surface area contributed by atoms with Gasteiger partial charge in [-0.25, -0.2) is 0 Å². The standard InChI is InChI=1S/C34H29N3O3.C34H29N3O2.C33H27N3O2/c1-40-33-11-5-3-9-29(33)25-13-15-26(16-14-25)34(39)37-23-28-17-18-31(32(38)19-12-24-7-6-20-35-21-24)36(28)22-27-8-2-4-10-30(27)37;1-24-7-2-4-10-30(24)26-13-15-27(16-14-26)34(39)37-23-29-17-18-32(33(38)19-12-25-8-6-20-35-21-25)36(29)22-28-9-3-5-11-31(28)37;37-32(19-12-24-7-6-20-34-21-24)31-18-17-29-23-36(30-11-5-4-10-28(30)22-35(29)31)33(38)27-15-13-26(14-16-27)25-8-2-1-3-9-25/h2-11,13-18,20-21H,12,19,22-23H2,1H3;2-11,13-18,20-21H,12,19,22-23H2,1H3;1-11,13-18,20-21H,12,19,22-23H2. The summed E-state index contributed by atoms with van der Waals surface area (Å²) in [6.07, 6.45) is 13.8. The molecule has 0 atom stereocenters. The molecule has 0 fully saturated rings. The van der Waals surface area contributed by atoms with Gasteiger partial charge in [0.05, 0.1) is 63.5 Å². The molecule has 9 heterocycles.